The number of nitrogens with zero attached hydrogens (tertiary/aromatic N) is 1. The molecule has 8 heteroatoms. The number of carbonyl (C=O) groups is 2. The summed E-state index contributed by atoms with van der Waals surface area (Å²) in [5, 5.41) is 1.71. The molecule has 3 aromatic rings. The molecule has 0 fully saturated rings. The van der Waals surface area contributed by atoms with Crippen molar-refractivity contribution in [1.29, 1.82) is 0 Å². The number of alkyl halides is 3. The predicted molar refractivity (Wildman–Crippen MR) is 107 cm³/mol. The molecule has 0 saturated heterocycles. The van der Waals surface area contributed by atoms with Crippen molar-refractivity contribution in [3.63, 3.8) is 0 Å². The highest BCUT2D eigenvalue weighted by Crippen LogP contribution is 2.23. The lowest BCUT2D eigenvalue weighted by molar-refractivity contribution is -0.274. The molecule has 0 aliphatic carbocycles. The smallest absolute Gasteiger partial charge is 0.406 e. The van der Waals surface area contributed by atoms with Gasteiger partial charge < -0.3 is 4.74 Å². The normalized spacial score (nSPS) is 11.3. The van der Waals surface area contributed by atoms with Crippen molar-refractivity contribution < 1.29 is 27.5 Å². The fraction of sp³-hybridized carbons (Fsp3) is 0.227. The number of carbonyl (C=O) groups excluding carboxylic acids is 2. The van der Waals surface area contributed by atoms with Gasteiger partial charge in [0, 0.05) is 24.6 Å². The average Bonchev–Trinajstić information content (AvgIpc) is 3.22. The van der Waals surface area contributed by atoms with Gasteiger partial charge in [0.15, 0.2) is 5.78 Å². The first-order chi connectivity index (χ1) is 14.3. The van der Waals surface area contributed by atoms with Gasteiger partial charge in [-0.05, 0) is 35.2 Å². The lowest BCUT2D eigenvalue weighted by Gasteiger charge is -2.10. The highest BCUT2D eigenvalue weighted by atomic mass is 32.1. The molecule has 0 aliphatic rings. The second-order valence-electron chi connectivity index (χ2n) is 6.70. The summed E-state index contributed by atoms with van der Waals surface area (Å²) in [5.74, 6) is -0.379. The molecule has 0 atom stereocenters. The van der Waals surface area contributed by atoms with E-state index in [1.54, 1.807) is 29.1 Å². The number of thiazole rings is 1. The Hall–Kier alpha value is -3.00. The summed E-state index contributed by atoms with van der Waals surface area (Å²) in [5.41, 5.74) is 4.32. The first-order valence-corrected chi connectivity index (χ1v) is 10.1. The monoisotopic (exact) mass is 433 g/mol. The van der Waals surface area contributed by atoms with Crippen LogP contribution in [0.1, 0.15) is 33.6 Å². The average molecular weight is 433 g/mol. The third kappa shape index (κ3) is 6.81. The third-order valence-electron chi connectivity index (χ3n) is 4.33. The Kier molecular flexibility index (Phi) is 6.99. The second kappa shape index (κ2) is 9.67. The van der Waals surface area contributed by atoms with Crippen molar-refractivity contribution in [1.82, 2.24) is 4.98 Å². The van der Waals surface area contributed by atoms with Gasteiger partial charge in [0.2, 0.25) is 0 Å². The zero-order valence-electron chi connectivity index (χ0n) is 15.8. The summed E-state index contributed by atoms with van der Waals surface area (Å²) in [6, 6.07) is 12.9. The van der Waals surface area contributed by atoms with Gasteiger partial charge in [-0.25, -0.2) is 4.98 Å². The van der Waals surface area contributed by atoms with E-state index in [0.717, 1.165) is 11.1 Å². The molecular weight excluding hydrogens is 415 g/mol. The molecule has 1 aromatic heterocycles. The number of Topliss-reactive ketones (excluding diaryl/α,β-unsaturated/α-hetero) is 2. The number of aryl methyl sites for hydroxylation is 1. The quantitative estimate of drug-likeness (QED) is 0.435. The Balaban J connectivity index is 1.49. The minimum atomic E-state index is -4.74. The van der Waals surface area contributed by atoms with Crippen molar-refractivity contribution >= 4 is 22.9 Å². The highest BCUT2D eigenvalue weighted by molar-refractivity contribution is 7.07. The van der Waals surface area contributed by atoms with E-state index in [0.29, 0.717) is 17.7 Å². The fourth-order valence-corrected chi connectivity index (χ4v) is 3.46. The molecule has 0 unspecified atom stereocenters. The Morgan fingerprint density at radius 2 is 1.67 bits per heavy atom. The third-order valence-corrected chi connectivity index (χ3v) is 4.92. The summed E-state index contributed by atoms with van der Waals surface area (Å²) < 4.78 is 40.8. The molecule has 1 heterocycles. The largest absolute Gasteiger partial charge is 0.573 e. The van der Waals surface area contributed by atoms with Gasteiger partial charge in [-0.2, -0.15) is 0 Å². The summed E-state index contributed by atoms with van der Waals surface area (Å²) in [6.07, 6.45) is -3.74. The van der Waals surface area contributed by atoms with E-state index in [1.807, 2.05) is 12.1 Å². The van der Waals surface area contributed by atoms with Gasteiger partial charge in [0.05, 0.1) is 5.51 Å². The molecule has 0 bridgehead atoms. The van der Waals surface area contributed by atoms with Crippen LogP contribution in [0.15, 0.2) is 59.4 Å². The number of hydrogen-bond acceptors (Lipinski definition) is 5. The van der Waals surface area contributed by atoms with Crippen LogP contribution in [0.5, 0.6) is 5.75 Å². The molecule has 156 valence electrons. The van der Waals surface area contributed by atoms with Crippen molar-refractivity contribution in [2.45, 2.75) is 32.0 Å². The molecule has 0 spiro atoms. The van der Waals surface area contributed by atoms with Crippen LogP contribution in [-0.2, 0) is 24.1 Å². The molecular formula is C22H18F3NO3S. The molecule has 4 nitrogen and oxygen atoms in total. The number of benzene rings is 2. The van der Waals surface area contributed by atoms with Crippen LogP contribution in [-0.4, -0.2) is 22.9 Å². The van der Waals surface area contributed by atoms with Gasteiger partial charge in [0.1, 0.15) is 17.2 Å². The first kappa shape index (κ1) is 21.7. The summed E-state index contributed by atoms with van der Waals surface area (Å²) in [6.45, 7) is 0. The lowest BCUT2D eigenvalue weighted by Crippen LogP contribution is -2.17. The Morgan fingerprint density at radius 1 is 0.967 bits per heavy atom. The van der Waals surface area contributed by atoms with Crippen molar-refractivity contribution in [2.24, 2.45) is 0 Å². The van der Waals surface area contributed by atoms with E-state index in [-0.39, 0.29) is 36.6 Å². The molecule has 2 aromatic carbocycles. The van der Waals surface area contributed by atoms with E-state index in [1.165, 1.54) is 29.5 Å². The standard InChI is InChI=1S/C22H18F3NO3S/c23-22(24,25)29-19-3-1-2-15(11-19)8-9-18(27)10-16-4-6-17(7-5-16)12-21(28)20-13-30-14-26-20/h1-7,11,13-14H,8-10,12H2. The SMILES string of the molecule is O=C(CCc1cccc(OC(F)(F)F)c1)Cc1ccc(CC(=O)c2cscn2)cc1. The maximum atomic E-state index is 12.3. The zero-order chi connectivity index (χ0) is 21.6. The molecule has 0 amide bonds. The molecule has 0 saturated carbocycles. The molecule has 3 rings (SSSR count). The summed E-state index contributed by atoms with van der Waals surface area (Å²) in [4.78, 5) is 28.3. The van der Waals surface area contributed by atoms with E-state index in [9.17, 15) is 22.8 Å². The van der Waals surface area contributed by atoms with Gasteiger partial charge in [0.25, 0.3) is 0 Å². The van der Waals surface area contributed by atoms with Crippen LogP contribution in [0.3, 0.4) is 0 Å². The number of ether oxygens (including phenoxy) is 1. The van der Waals surface area contributed by atoms with Crippen LogP contribution in [0.25, 0.3) is 0 Å². The minimum absolute atomic E-state index is 0.0246. The molecule has 0 radical (unpaired) electrons. The van der Waals surface area contributed by atoms with E-state index < -0.39 is 6.36 Å². The maximum Gasteiger partial charge on any atom is 0.573 e. The number of halogens is 3. The first-order valence-electron chi connectivity index (χ1n) is 9.14. The van der Waals surface area contributed by atoms with Crippen molar-refractivity contribution in [3.05, 3.63) is 81.8 Å². The summed E-state index contributed by atoms with van der Waals surface area (Å²) >= 11 is 1.37. The Morgan fingerprint density at radius 3 is 2.30 bits per heavy atom. The number of aromatic nitrogens is 1. The zero-order valence-corrected chi connectivity index (χ0v) is 16.6. The Labute approximate surface area is 175 Å². The fourth-order valence-electron chi connectivity index (χ4n) is 2.90. The minimum Gasteiger partial charge on any atom is -0.406 e. The van der Waals surface area contributed by atoms with Crippen LogP contribution in [0, 0.1) is 0 Å². The van der Waals surface area contributed by atoms with E-state index >= 15 is 0 Å². The van der Waals surface area contributed by atoms with Crippen LogP contribution < -0.4 is 4.74 Å². The lowest BCUT2D eigenvalue weighted by atomic mass is 10.00. The number of ketones is 2. The maximum absolute atomic E-state index is 12.3. The predicted octanol–water partition coefficient (Wildman–Crippen LogP) is 5.21. The van der Waals surface area contributed by atoms with Gasteiger partial charge in [-0.1, -0.05) is 36.4 Å². The van der Waals surface area contributed by atoms with Crippen LogP contribution in [0.2, 0.25) is 0 Å². The van der Waals surface area contributed by atoms with Crippen molar-refractivity contribution in [3.8, 4) is 5.75 Å². The second-order valence-corrected chi connectivity index (χ2v) is 7.42. The van der Waals surface area contributed by atoms with Gasteiger partial charge in [-0.3, -0.25) is 9.59 Å². The van der Waals surface area contributed by atoms with E-state index in [4.69, 9.17) is 0 Å². The van der Waals surface area contributed by atoms with E-state index in [2.05, 4.69) is 9.72 Å². The Bertz CT molecular complexity index is 999. The molecule has 30 heavy (non-hydrogen) atoms. The van der Waals surface area contributed by atoms with Gasteiger partial charge in [-0.15, -0.1) is 24.5 Å². The summed E-state index contributed by atoms with van der Waals surface area (Å²) in [7, 11) is 0. The topological polar surface area (TPSA) is 56.3 Å². The molecule has 0 N–H and O–H groups in total. The van der Waals surface area contributed by atoms with Gasteiger partial charge >= 0.3 is 6.36 Å². The molecule has 0 aliphatic heterocycles. The number of hydrogen-bond donors (Lipinski definition) is 0. The highest BCUT2D eigenvalue weighted by Gasteiger charge is 2.31. The van der Waals surface area contributed by atoms with Crippen LogP contribution >= 0.6 is 11.3 Å². The van der Waals surface area contributed by atoms with Crippen molar-refractivity contribution in [2.75, 3.05) is 0 Å². The van der Waals surface area contributed by atoms with Crippen LogP contribution in [0.4, 0.5) is 13.2 Å². The number of rotatable bonds is 9.